The van der Waals surface area contributed by atoms with Crippen molar-refractivity contribution in [1.82, 2.24) is 4.37 Å². The van der Waals surface area contributed by atoms with E-state index in [1.807, 2.05) is 18.2 Å². The average molecular weight is 364 g/mol. The van der Waals surface area contributed by atoms with Gasteiger partial charge in [0.2, 0.25) is 0 Å². The molecular formula is C17H18ClN3O2S. The third kappa shape index (κ3) is 4.46. The lowest BCUT2D eigenvalue weighted by Gasteiger charge is -2.11. The summed E-state index contributed by atoms with van der Waals surface area (Å²) in [5, 5.41) is 13.2. The summed E-state index contributed by atoms with van der Waals surface area (Å²) in [6.45, 7) is 2.67. The van der Waals surface area contributed by atoms with Crippen molar-refractivity contribution in [3.8, 4) is 6.07 Å². The van der Waals surface area contributed by atoms with Crippen LogP contribution < -0.4 is 5.32 Å². The molecule has 1 unspecified atom stereocenters. The Bertz CT molecular complexity index is 723. The fourth-order valence-corrected chi connectivity index (χ4v) is 3.51. The first-order chi connectivity index (χ1) is 11.8. The zero-order valence-corrected chi connectivity index (χ0v) is 14.7. The molecule has 2 aromatic rings. The molecule has 0 amide bonds. The second-order valence-corrected chi connectivity index (χ2v) is 6.74. The molecule has 0 radical (unpaired) electrons. The third-order valence-electron chi connectivity index (χ3n) is 3.80. The molecule has 1 aliphatic heterocycles. The minimum Gasteiger partial charge on any atom is -0.376 e. The lowest BCUT2D eigenvalue weighted by molar-refractivity contribution is 0.0106. The number of rotatable bonds is 7. The van der Waals surface area contributed by atoms with Crippen molar-refractivity contribution in [1.29, 1.82) is 5.26 Å². The van der Waals surface area contributed by atoms with Crippen LogP contribution >= 0.6 is 23.1 Å². The van der Waals surface area contributed by atoms with Gasteiger partial charge in [0.15, 0.2) is 5.15 Å². The quantitative estimate of drug-likeness (QED) is 0.806. The van der Waals surface area contributed by atoms with Gasteiger partial charge in [-0.1, -0.05) is 35.9 Å². The molecule has 1 saturated heterocycles. The zero-order chi connectivity index (χ0) is 16.8. The van der Waals surface area contributed by atoms with E-state index in [4.69, 9.17) is 26.3 Å². The van der Waals surface area contributed by atoms with Crippen LogP contribution in [0.4, 0.5) is 5.00 Å². The Morgan fingerprint density at radius 2 is 2.33 bits per heavy atom. The van der Waals surface area contributed by atoms with Gasteiger partial charge in [0, 0.05) is 13.2 Å². The lowest BCUT2D eigenvalue weighted by Crippen LogP contribution is -2.13. The summed E-state index contributed by atoms with van der Waals surface area (Å²) in [6.07, 6.45) is 2.46. The van der Waals surface area contributed by atoms with Crippen LogP contribution in [0.15, 0.2) is 24.3 Å². The summed E-state index contributed by atoms with van der Waals surface area (Å²) < 4.78 is 15.3. The van der Waals surface area contributed by atoms with Crippen LogP contribution in [0.3, 0.4) is 0 Å². The molecule has 1 aliphatic rings. The van der Waals surface area contributed by atoms with E-state index in [1.54, 1.807) is 0 Å². The number of nitrogens with one attached hydrogen (secondary N) is 1. The topological polar surface area (TPSA) is 67.2 Å². The van der Waals surface area contributed by atoms with Crippen molar-refractivity contribution in [3.05, 3.63) is 46.1 Å². The van der Waals surface area contributed by atoms with Crippen LogP contribution in [0.2, 0.25) is 5.15 Å². The highest BCUT2D eigenvalue weighted by atomic mass is 35.5. The molecule has 1 aromatic carbocycles. The van der Waals surface area contributed by atoms with E-state index < -0.39 is 0 Å². The van der Waals surface area contributed by atoms with Gasteiger partial charge in [-0.3, -0.25) is 0 Å². The standard InChI is InChI=1S/C17H18ClN3O2S/c18-16-15(8-19)17(24-21-16)20-9-12-3-1-4-13(7-12)10-22-11-14-5-2-6-23-14/h1,3-4,7,14,20H,2,5-6,9-11H2. The number of anilines is 1. The van der Waals surface area contributed by atoms with E-state index in [-0.39, 0.29) is 11.3 Å². The van der Waals surface area contributed by atoms with Gasteiger partial charge in [-0.25, -0.2) is 0 Å². The summed E-state index contributed by atoms with van der Waals surface area (Å²) in [4.78, 5) is 0. The highest BCUT2D eigenvalue weighted by molar-refractivity contribution is 7.10. The average Bonchev–Trinajstić information content (AvgIpc) is 3.23. The Kier molecular flexibility index (Phi) is 6.05. The summed E-state index contributed by atoms with van der Waals surface area (Å²) in [5.41, 5.74) is 2.63. The smallest absolute Gasteiger partial charge is 0.162 e. The third-order valence-corrected chi connectivity index (χ3v) is 4.98. The predicted octanol–water partition coefficient (Wildman–Crippen LogP) is 3.98. The van der Waals surface area contributed by atoms with Gasteiger partial charge in [-0.15, -0.1) is 0 Å². The van der Waals surface area contributed by atoms with Crippen molar-refractivity contribution < 1.29 is 9.47 Å². The van der Waals surface area contributed by atoms with Crippen LogP contribution in [0.5, 0.6) is 0 Å². The number of nitriles is 1. The first-order valence-electron chi connectivity index (χ1n) is 7.82. The first-order valence-corrected chi connectivity index (χ1v) is 8.97. The number of nitrogens with zero attached hydrogens (tertiary/aromatic N) is 2. The maximum atomic E-state index is 9.08. The van der Waals surface area contributed by atoms with Crippen molar-refractivity contribution in [2.45, 2.75) is 32.1 Å². The van der Waals surface area contributed by atoms with Crippen molar-refractivity contribution in [2.75, 3.05) is 18.5 Å². The molecule has 0 spiro atoms. The first kappa shape index (κ1) is 17.2. The Hall–Kier alpha value is -1.65. The van der Waals surface area contributed by atoms with E-state index in [0.717, 1.165) is 30.6 Å². The second-order valence-electron chi connectivity index (χ2n) is 5.61. The largest absolute Gasteiger partial charge is 0.376 e. The summed E-state index contributed by atoms with van der Waals surface area (Å²) in [5.74, 6) is 0. The van der Waals surface area contributed by atoms with E-state index in [0.29, 0.717) is 30.3 Å². The summed E-state index contributed by atoms with van der Waals surface area (Å²) >= 11 is 7.07. The molecule has 0 bridgehead atoms. The normalized spacial score (nSPS) is 16.9. The maximum absolute atomic E-state index is 9.08. The highest BCUT2D eigenvalue weighted by Crippen LogP contribution is 2.27. The van der Waals surface area contributed by atoms with E-state index in [2.05, 4.69) is 21.8 Å². The Morgan fingerprint density at radius 1 is 1.46 bits per heavy atom. The minimum atomic E-state index is 0.246. The van der Waals surface area contributed by atoms with Crippen molar-refractivity contribution in [3.63, 3.8) is 0 Å². The predicted molar refractivity (Wildman–Crippen MR) is 94.2 cm³/mol. The van der Waals surface area contributed by atoms with Gasteiger partial charge >= 0.3 is 0 Å². The zero-order valence-electron chi connectivity index (χ0n) is 13.1. The molecule has 7 heteroatoms. The fraction of sp³-hybridized carbons (Fsp3) is 0.412. The molecule has 0 saturated carbocycles. The molecule has 2 heterocycles. The number of aromatic nitrogens is 1. The highest BCUT2D eigenvalue weighted by Gasteiger charge is 2.15. The molecular weight excluding hydrogens is 346 g/mol. The molecule has 126 valence electrons. The monoisotopic (exact) mass is 363 g/mol. The van der Waals surface area contributed by atoms with Crippen LogP contribution in [-0.4, -0.2) is 23.7 Å². The molecule has 3 rings (SSSR count). The van der Waals surface area contributed by atoms with Gasteiger partial charge in [0.05, 0.1) is 19.3 Å². The van der Waals surface area contributed by atoms with Crippen LogP contribution in [-0.2, 0) is 22.6 Å². The summed E-state index contributed by atoms with van der Waals surface area (Å²) in [6, 6.07) is 10.2. The van der Waals surface area contributed by atoms with Gasteiger partial charge in [0.1, 0.15) is 16.6 Å². The molecule has 0 aliphatic carbocycles. The van der Waals surface area contributed by atoms with Gasteiger partial charge in [-0.2, -0.15) is 9.64 Å². The number of ether oxygens (including phenoxy) is 2. The van der Waals surface area contributed by atoms with Gasteiger partial charge < -0.3 is 14.8 Å². The van der Waals surface area contributed by atoms with Crippen LogP contribution in [0.25, 0.3) is 0 Å². The van der Waals surface area contributed by atoms with Crippen molar-refractivity contribution in [2.24, 2.45) is 0 Å². The van der Waals surface area contributed by atoms with E-state index in [9.17, 15) is 0 Å². The SMILES string of the molecule is N#Cc1c(Cl)nsc1NCc1cccc(COCC2CCCO2)c1. The van der Waals surface area contributed by atoms with Gasteiger partial charge in [-0.05, 0) is 35.5 Å². The van der Waals surface area contributed by atoms with Crippen LogP contribution in [0.1, 0.15) is 29.5 Å². The fourth-order valence-electron chi connectivity index (χ4n) is 2.58. The molecule has 1 N–H and O–H groups in total. The molecule has 5 nitrogen and oxygen atoms in total. The number of benzene rings is 1. The van der Waals surface area contributed by atoms with E-state index in [1.165, 1.54) is 11.5 Å². The lowest BCUT2D eigenvalue weighted by atomic mass is 10.1. The molecule has 1 fully saturated rings. The molecule has 1 atom stereocenters. The summed E-state index contributed by atoms with van der Waals surface area (Å²) in [7, 11) is 0. The second kappa shape index (κ2) is 8.45. The van der Waals surface area contributed by atoms with E-state index >= 15 is 0 Å². The van der Waals surface area contributed by atoms with Crippen molar-refractivity contribution >= 4 is 28.1 Å². The maximum Gasteiger partial charge on any atom is 0.162 e. The minimum absolute atomic E-state index is 0.246. The number of hydrogen-bond donors (Lipinski definition) is 1. The molecule has 24 heavy (non-hydrogen) atoms. The van der Waals surface area contributed by atoms with Crippen LogP contribution in [0, 0.1) is 11.3 Å². The Labute approximate surface area is 150 Å². The number of hydrogen-bond acceptors (Lipinski definition) is 6. The Morgan fingerprint density at radius 3 is 3.12 bits per heavy atom. The molecule has 1 aromatic heterocycles. The number of halogens is 1. The van der Waals surface area contributed by atoms with Gasteiger partial charge in [0.25, 0.3) is 0 Å². The Balaban J connectivity index is 1.52.